The Morgan fingerprint density at radius 2 is 1.51 bits per heavy atom. The predicted octanol–water partition coefficient (Wildman–Crippen LogP) is 9.36. The maximum absolute atomic E-state index is 11.9. The number of carbonyl (C=O) groups excluding carboxylic acids is 1. The van der Waals surface area contributed by atoms with Gasteiger partial charge in [0, 0.05) is 24.2 Å². The first-order valence-electron chi connectivity index (χ1n) is 15.4. The summed E-state index contributed by atoms with van der Waals surface area (Å²) in [5.74, 6) is 2.40. The summed E-state index contributed by atoms with van der Waals surface area (Å²) in [4.78, 5) is 16.3. The third-order valence-corrected chi connectivity index (χ3v) is 8.85. The van der Waals surface area contributed by atoms with E-state index in [4.69, 9.17) is 14.2 Å². The molecule has 0 N–H and O–H groups in total. The van der Waals surface area contributed by atoms with Gasteiger partial charge >= 0.3 is 5.97 Å². The van der Waals surface area contributed by atoms with Crippen LogP contribution in [-0.2, 0) is 4.79 Å². The van der Waals surface area contributed by atoms with E-state index in [9.17, 15) is 4.79 Å². The van der Waals surface area contributed by atoms with E-state index >= 15 is 0 Å². The van der Waals surface area contributed by atoms with Gasteiger partial charge in [-0.2, -0.15) is 0 Å². The SMILES string of the molecule is CCCCCC(=O)Oc1ccc(-c2ccc3c(c2)OC([Si]C(C)CCCCCCC(C)CCCCC)O3)cn1. The van der Waals surface area contributed by atoms with Gasteiger partial charge in [-0.3, -0.25) is 4.79 Å². The highest BCUT2D eigenvalue weighted by Gasteiger charge is 2.27. The van der Waals surface area contributed by atoms with Crippen LogP contribution in [0.2, 0.25) is 5.54 Å². The molecule has 0 spiro atoms. The van der Waals surface area contributed by atoms with Gasteiger partial charge in [0.15, 0.2) is 21.0 Å². The van der Waals surface area contributed by atoms with Crippen molar-refractivity contribution in [1.82, 2.24) is 4.98 Å². The molecule has 1 aliphatic heterocycles. The molecule has 1 aliphatic rings. The lowest BCUT2D eigenvalue weighted by molar-refractivity contribution is -0.134. The number of carbonyl (C=O) groups is 1. The van der Waals surface area contributed by atoms with Gasteiger partial charge in [-0.15, -0.1) is 0 Å². The average Bonchev–Trinajstić information content (AvgIpc) is 3.32. The molecule has 39 heavy (non-hydrogen) atoms. The third-order valence-electron chi connectivity index (χ3n) is 7.49. The number of benzene rings is 1. The van der Waals surface area contributed by atoms with E-state index in [1.165, 1.54) is 64.2 Å². The molecule has 2 heterocycles. The van der Waals surface area contributed by atoms with Crippen LogP contribution in [0.3, 0.4) is 0 Å². The summed E-state index contributed by atoms with van der Waals surface area (Å²) in [6.45, 7) is 9.13. The number of nitrogens with zero attached hydrogens (tertiary/aromatic N) is 1. The third kappa shape index (κ3) is 11.3. The van der Waals surface area contributed by atoms with E-state index in [-0.39, 0.29) is 11.9 Å². The van der Waals surface area contributed by atoms with Crippen molar-refractivity contribution >= 4 is 15.5 Å². The first-order valence-corrected chi connectivity index (χ1v) is 16.5. The first-order chi connectivity index (χ1) is 19.0. The minimum Gasteiger partial charge on any atom is -0.456 e. The minimum absolute atomic E-state index is 0.193. The summed E-state index contributed by atoms with van der Waals surface area (Å²) in [6.07, 6.45) is 18.6. The van der Waals surface area contributed by atoms with Crippen molar-refractivity contribution in [2.45, 2.75) is 129 Å². The molecule has 0 aliphatic carbocycles. The van der Waals surface area contributed by atoms with Gasteiger partial charge in [-0.25, -0.2) is 4.98 Å². The van der Waals surface area contributed by atoms with Crippen molar-refractivity contribution in [2.75, 3.05) is 0 Å². The van der Waals surface area contributed by atoms with Crippen molar-refractivity contribution < 1.29 is 19.0 Å². The molecule has 0 saturated carbocycles. The lowest BCUT2D eigenvalue weighted by Crippen LogP contribution is -2.28. The van der Waals surface area contributed by atoms with Gasteiger partial charge in [-0.05, 0) is 41.6 Å². The Labute approximate surface area is 239 Å². The molecule has 3 rings (SSSR count). The van der Waals surface area contributed by atoms with Gasteiger partial charge in [0.05, 0.1) is 0 Å². The summed E-state index contributed by atoms with van der Waals surface area (Å²) >= 11 is 0. The van der Waals surface area contributed by atoms with E-state index in [2.05, 4.69) is 32.7 Å². The second-order valence-corrected chi connectivity index (χ2v) is 13.0. The molecular formula is C33H49NO4Si. The maximum Gasteiger partial charge on any atom is 0.312 e. The van der Waals surface area contributed by atoms with Gasteiger partial charge in [0.25, 0.3) is 0 Å². The zero-order chi connectivity index (χ0) is 27.9. The van der Waals surface area contributed by atoms with Crippen LogP contribution in [0.4, 0.5) is 0 Å². The standard InChI is InChI=1S/C33H49NO4Si/c1-5-7-11-15-25(3)16-13-9-10-14-17-26(4)39-33-36-29-21-19-27(23-30(29)37-33)28-20-22-31(34-24-28)38-32(35)18-12-8-6-2/h19-26,33H,5-18H2,1-4H3. The number of hydrogen-bond donors (Lipinski definition) is 0. The molecule has 3 unspecified atom stereocenters. The molecule has 1 aromatic carbocycles. The molecule has 2 radical (unpaired) electrons. The Hall–Kier alpha value is -2.34. The minimum atomic E-state index is -0.226. The molecular weight excluding hydrogens is 502 g/mol. The van der Waals surface area contributed by atoms with Crippen LogP contribution in [0, 0.1) is 5.92 Å². The second-order valence-electron chi connectivity index (χ2n) is 11.2. The van der Waals surface area contributed by atoms with E-state index < -0.39 is 0 Å². The number of rotatable bonds is 19. The molecule has 5 nitrogen and oxygen atoms in total. The van der Waals surface area contributed by atoms with Crippen molar-refractivity contribution in [3.63, 3.8) is 0 Å². The summed E-state index contributed by atoms with van der Waals surface area (Å²) in [7, 11) is 0.617. The van der Waals surface area contributed by atoms with Gasteiger partial charge in [0.1, 0.15) is 0 Å². The number of pyridine rings is 1. The highest BCUT2D eigenvalue weighted by molar-refractivity contribution is 6.38. The number of unbranched alkanes of at least 4 members (excludes halogenated alkanes) is 7. The number of aromatic nitrogens is 1. The maximum atomic E-state index is 11.9. The Kier molecular flexibility index (Phi) is 13.9. The molecule has 214 valence electrons. The Bertz CT molecular complexity index is 980. The quantitative estimate of drug-likeness (QED) is 0.0989. The number of hydrogen-bond acceptors (Lipinski definition) is 5. The van der Waals surface area contributed by atoms with Crippen LogP contribution in [0.5, 0.6) is 17.4 Å². The monoisotopic (exact) mass is 551 g/mol. The average molecular weight is 552 g/mol. The molecule has 0 fully saturated rings. The predicted molar refractivity (Wildman–Crippen MR) is 161 cm³/mol. The fraction of sp³-hybridized carbons (Fsp3) is 0.636. The van der Waals surface area contributed by atoms with Crippen LogP contribution in [-0.4, -0.2) is 26.4 Å². The molecule has 0 saturated heterocycles. The normalized spacial score (nSPS) is 15.7. The van der Waals surface area contributed by atoms with E-state index in [1.54, 1.807) is 12.3 Å². The van der Waals surface area contributed by atoms with Crippen molar-refractivity contribution in [3.05, 3.63) is 36.5 Å². The molecule has 0 amide bonds. The Morgan fingerprint density at radius 3 is 2.23 bits per heavy atom. The fourth-order valence-corrected chi connectivity index (χ4v) is 6.22. The van der Waals surface area contributed by atoms with Crippen molar-refractivity contribution in [3.8, 4) is 28.5 Å². The largest absolute Gasteiger partial charge is 0.456 e. The van der Waals surface area contributed by atoms with Crippen LogP contribution in [0.25, 0.3) is 11.1 Å². The number of esters is 1. The van der Waals surface area contributed by atoms with E-state index in [0.717, 1.165) is 47.8 Å². The van der Waals surface area contributed by atoms with Crippen LogP contribution in [0.15, 0.2) is 36.5 Å². The lowest BCUT2D eigenvalue weighted by atomic mass is 9.96. The van der Waals surface area contributed by atoms with Crippen LogP contribution in [0.1, 0.15) is 118 Å². The highest BCUT2D eigenvalue weighted by Crippen LogP contribution is 2.38. The van der Waals surface area contributed by atoms with Crippen molar-refractivity contribution in [2.24, 2.45) is 5.92 Å². The second kappa shape index (κ2) is 17.4. The van der Waals surface area contributed by atoms with Gasteiger partial charge in [-0.1, -0.05) is 111 Å². The van der Waals surface area contributed by atoms with Crippen LogP contribution < -0.4 is 14.2 Å². The van der Waals surface area contributed by atoms with Gasteiger partial charge < -0.3 is 14.2 Å². The van der Waals surface area contributed by atoms with Gasteiger partial charge in [0.2, 0.25) is 11.8 Å². The first kappa shape index (κ1) is 31.2. The Morgan fingerprint density at radius 1 is 0.846 bits per heavy atom. The highest BCUT2D eigenvalue weighted by atomic mass is 28.2. The van der Waals surface area contributed by atoms with E-state index in [1.807, 2.05) is 24.3 Å². The summed E-state index contributed by atoms with van der Waals surface area (Å²) in [5.41, 5.74) is 2.54. The summed E-state index contributed by atoms with van der Waals surface area (Å²) < 4.78 is 17.6. The number of ether oxygens (including phenoxy) is 3. The molecule has 6 heteroatoms. The lowest BCUT2D eigenvalue weighted by Gasteiger charge is -2.15. The fourth-order valence-electron chi connectivity index (χ4n) is 5.00. The van der Waals surface area contributed by atoms with Crippen LogP contribution >= 0.6 is 0 Å². The van der Waals surface area contributed by atoms with Crippen molar-refractivity contribution in [1.29, 1.82) is 0 Å². The number of fused-ring (bicyclic) bond motifs is 1. The van der Waals surface area contributed by atoms with E-state index in [0.29, 0.717) is 27.4 Å². The summed E-state index contributed by atoms with van der Waals surface area (Å²) in [6, 6.07) is 9.69. The zero-order valence-electron chi connectivity index (χ0n) is 24.7. The summed E-state index contributed by atoms with van der Waals surface area (Å²) in [5, 5.41) is 0. The zero-order valence-corrected chi connectivity index (χ0v) is 25.7. The Balaban J connectivity index is 1.35. The molecule has 2 aromatic rings. The smallest absolute Gasteiger partial charge is 0.312 e. The molecule has 3 atom stereocenters. The topological polar surface area (TPSA) is 57.7 Å². The molecule has 1 aromatic heterocycles. The molecule has 0 bridgehead atoms.